The summed E-state index contributed by atoms with van der Waals surface area (Å²) < 4.78 is 21.5. The highest BCUT2D eigenvalue weighted by Crippen LogP contribution is 2.17. The molecule has 6 nitrogen and oxygen atoms in total. The fraction of sp³-hybridized carbons (Fsp3) is 0.833. The number of ether oxygens (including phenoxy) is 4. The molecule has 0 aromatic carbocycles. The molecule has 0 unspecified atom stereocenters. The molecule has 0 aliphatic rings. The summed E-state index contributed by atoms with van der Waals surface area (Å²) >= 11 is 0. The van der Waals surface area contributed by atoms with E-state index in [1.165, 1.54) is 24.9 Å². The van der Waals surface area contributed by atoms with Crippen molar-refractivity contribution in [1.82, 2.24) is 0 Å². The van der Waals surface area contributed by atoms with Crippen LogP contribution in [0.1, 0.15) is 40.5 Å². The summed E-state index contributed by atoms with van der Waals surface area (Å²) in [5.74, 6) is 0.274. The van der Waals surface area contributed by atoms with Crippen molar-refractivity contribution in [2.75, 3.05) is 38.9 Å². The number of rotatable bonds is 18. The molecule has 0 bridgehead atoms. The predicted molar refractivity (Wildman–Crippen MR) is 136 cm³/mol. The van der Waals surface area contributed by atoms with Crippen molar-refractivity contribution in [2.24, 2.45) is 11.8 Å². The molecule has 32 heavy (non-hydrogen) atoms. The second-order valence-corrected chi connectivity index (χ2v) is 21.2. The third-order valence-electron chi connectivity index (χ3n) is 5.08. The number of hydrogen-bond donors (Lipinski definition) is 0. The van der Waals surface area contributed by atoms with Gasteiger partial charge in [-0.2, -0.15) is 0 Å². The van der Waals surface area contributed by atoms with Crippen LogP contribution < -0.4 is 0 Å². The van der Waals surface area contributed by atoms with E-state index in [1.54, 1.807) is 0 Å². The van der Waals surface area contributed by atoms with E-state index in [-0.39, 0.29) is 13.2 Å². The molecule has 0 aliphatic carbocycles. The Morgan fingerprint density at radius 2 is 1.00 bits per heavy atom. The summed E-state index contributed by atoms with van der Waals surface area (Å²) in [5.41, 5.74) is 0. The minimum Gasteiger partial charge on any atom is -0.460 e. The molecule has 0 aromatic heterocycles. The van der Waals surface area contributed by atoms with Gasteiger partial charge < -0.3 is 18.9 Å². The second-order valence-electron chi connectivity index (χ2n) is 11.0. The number of esters is 2. The van der Waals surface area contributed by atoms with Crippen molar-refractivity contribution < 1.29 is 28.5 Å². The Kier molecular flexibility index (Phi) is 16.1. The van der Waals surface area contributed by atoms with Gasteiger partial charge in [0.2, 0.25) is 0 Å². The van der Waals surface area contributed by atoms with Gasteiger partial charge in [-0.15, -0.1) is 0 Å². The maximum absolute atomic E-state index is 11.7. The number of hydrogen-bond acceptors (Lipinski definition) is 6. The van der Waals surface area contributed by atoms with E-state index in [4.69, 9.17) is 18.9 Å². The molecule has 0 atom stereocenters. The molecule has 0 saturated carbocycles. The maximum atomic E-state index is 11.7. The molecule has 0 aromatic rings. The van der Waals surface area contributed by atoms with Gasteiger partial charge in [-0.25, -0.2) is 9.59 Å². The standard InChI is InChI=1S/C24H48O6Si2/c1-21(2)11-17-31(5,6)19-27-13-15-29-23(25)9-10-24(26)30-16-14-28-20-32(7,8)18-12-22(3)4/h9-10,21-22H,11-20H2,1-8H3/b10-9+. The zero-order chi connectivity index (χ0) is 24.6. The molecule has 0 amide bonds. The van der Waals surface area contributed by atoms with Gasteiger partial charge in [-0.3, -0.25) is 0 Å². The first-order chi connectivity index (χ1) is 14.8. The fourth-order valence-corrected chi connectivity index (χ4v) is 7.23. The van der Waals surface area contributed by atoms with Gasteiger partial charge in [0, 0.05) is 24.6 Å². The summed E-state index contributed by atoms with van der Waals surface area (Å²) in [4.78, 5) is 23.4. The summed E-state index contributed by atoms with van der Waals surface area (Å²) in [7, 11) is -2.72. The van der Waals surface area contributed by atoms with Crippen molar-refractivity contribution >= 4 is 28.1 Å². The van der Waals surface area contributed by atoms with Gasteiger partial charge >= 0.3 is 11.9 Å². The lowest BCUT2D eigenvalue weighted by Crippen LogP contribution is -2.33. The van der Waals surface area contributed by atoms with Gasteiger partial charge in [-0.05, 0) is 11.8 Å². The van der Waals surface area contributed by atoms with Gasteiger partial charge in [-0.1, -0.05) is 78.8 Å². The monoisotopic (exact) mass is 488 g/mol. The second kappa shape index (κ2) is 16.6. The van der Waals surface area contributed by atoms with Crippen molar-refractivity contribution in [3.8, 4) is 0 Å². The summed E-state index contributed by atoms with van der Waals surface area (Å²) in [6.07, 6.45) is 6.15. The highest BCUT2D eigenvalue weighted by molar-refractivity contribution is 6.77. The fourth-order valence-electron chi connectivity index (χ4n) is 2.83. The van der Waals surface area contributed by atoms with Crippen molar-refractivity contribution in [3.05, 3.63) is 12.2 Å². The van der Waals surface area contributed by atoms with E-state index >= 15 is 0 Å². The third kappa shape index (κ3) is 19.7. The highest BCUT2D eigenvalue weighted by atomic mass is 28.3. The molecular formula is C24H48O6Si2. The molecule has 8 heteroatoms. The normalized spacial score (nSPS) is 12.7. The lowest BCUT2D eigenvalue weighted by Gasteiger charge is -2.23. The quantitative estimate of drug-likeness (QED) is 0.114. The van der Waals surface area contributed by atoms with Gasteiger partial charge in [0.1, 0.15) is 13.2 Å². The van der Waals surface area contributed by atoms with E-state index in [1.807, 2.05) is 0 Å². The van der Waals surface area contributed by atoms with Crippen LogP contribution >= 0.6 is 0 Å². The van der Waals surface area contributed by atoms with Crippen LogP contribution in [0, 0.1) is 11.8 Å². The van der Waals surface area contributed by atoms with Crippen molar-refractivity contribution in [3.63, 3.8) is 0 Å². The largest absolute Gasteiger partial charge is 0.460 e. The Balaban J connectivity index is 3.85. The van der Waals surface area contributed by atoms with Gasteiger partial charge in [0.05, 0.1) is 29.4 Å². The summed E-state index contributed by atoms with van der Waals surface area (Å²) in [5, 5.41) is 0. The number of carbonyl (C=O) groups is 2. The molecule has 0 heterocycles. The topological polar surface area (TPSA) is 71.1 Å². The van der Waals surface area contributed by atoms with Crippen molar-refractivity contribution in [2.45, 2.75) is 78.8 Å². The predicted octanol–water partition coefficient (Wildman–Crippen LogP) is 5.25. The van der Waals surface area contributed by atoms with Crippen LogP contribution in [0.2, 0.25) is 38.3 Å². The van der Waals surface area contributed by atoms with E-state index in [2.05, 4.69) is 53.9 Å². The van der Waals surface area contributed by atoms with Gasteiger partial charge in [0.15, 0.2) is 0 Å². The zero-order valence-corrected chi connectivity index (χ0v) is 23.8. The Labute approximate surface area is 198 Å². The molecule has 0 saturated heterocycles. The summed E-state index contributed by atoms with van der Waals surface area (Å²) in [6, 6.07) is 2.47. The molecule has 0 N–H and O–H groups in total. The molecule has 0 fully saturated rings. The van der Waals surface area contributed by atoms with Gasteiger partial charge in [0.25, 0.3) is 0 Å². The Hall–Kier alpha value is -0.966. The van der Waals surface area contributed by atoms with Crippen LogP contribution in [0.15, 0.2) is 12.2 Å². The SMILES string of the molecule is CC(C)CC[Si](C)(C)COCCOC(=O)/C=C/C(=O)OCCOC[Si](C)(C)CCC(C)C. The molecule has 0 spiro atoms. The lowest BCUT2D eigenvalue weighted by molar-refractivity contribution is -0.141. The molecule has 0 rings (SSSR count). The average Bonchev–Trinajstić information content (AvgIpc) is 2.69. The maximum Gasteiger partial charge on any atom is 0.331 e. The zero-order valence-electron chi connectivity index (χ0n) is 21.8. The molecule has 188 valence electrons. The van der Waals surface area contributed by atoms with Crippen LogP contribution in [0.25, 0.3) is 0 Å². The highest BCUT2D eigenvalue weighted by Gasteiger charge is 2.22. The first-order valence-corrected chi connectivity index (χ1v) is 18.8. The van der Waals surface area contributed by atoms with Crippen LogP contribution in [-0.4, -0.2) is 67.0 Å². The van der Waals surface area contributed by atoms with E-state index in [0.29, 0.717) is 25.0 Å². The van der Waals surface area contributed by atoms with Crippen LogP contribution in [0.5, 0.6) is 0 Å². The minimum atomic E-state index is -1.36. The molecule has 0 aliphatic heterocycles. The van der Waals surface area contributed by atoms with E-state index in [0.717, 1.165) is 24.6 Å². The Morgan fingerprint density at radius 3 is 1.31 bits per heavy atom. The number of carbonyl (C=O) groups excluding carboxylic acids is 2. The Bertz CT molecular complexity index is 511. The summed E-state index contributed by atoms with van der Waals surface area (Å²) in [6.45, 7) is 19.3. The van der Waals surface area contributed by atoms with E-state index in [9.17, 15) is 9.59 Å². The molecular weight excluding hydrogens is 440 g/mol. The van der Waals surface area contributed by atoms with E-state index < -0.39 is 28.1 Å². The third-order valence-corrected chi connectivity index (χ3v) is 10.3. The minimum absolute atomic E-state index is 0.178. The first-order valence-electron chi connectivity index (χ1n) is 12.0. The van der Waals surface area contributed by atoms with Crippen LogP contribution in [0.3, 0.4) is 0 Å². The van der Waals surface area contributed by atoms with Crippen LogP contribution in [-0.2, 0) is 28.5 Å². The smallest absolute Gasteiger partial charge is 0.331 e. The van der Waals surface area contributed by atoms with Crippen molar-refractivity contribution in [1.29, 1.82) is 0 Å². The molecule has 0 radical (unpaired) electrons. The first kappa shape index (κ1) is 31.0. The Morgan fingerprint density at radius 1 is 0.656 bits per heavy atom. The lowest BCUT2D eigenvalue weighted by atomic mass is 10.2. The average molecular weight is 489 g/mol. The van der Waals surface area contributed by atoms with Crippen LogP contribution in [0.4, 0.5) is 0 Å².